The van der Waals surface area contributed by atoms with Crippen LogP contribution in [-0.2, 0) is 13.0 Å². The van der Waals surface area contributed by atoms with E-state index in [1.807, 2.05) is 0 Å². The number of hydrogen-bond acceptors (Lipinski definition) is 2. The van der Waals surface area contributed by atoms with Gasteiger partial charge < -0.3 is 9.88 Å². The van der Waals surface area contributed by atoms with Crippen LogP contribution in [-0.4, -0.2) is 16.1 Å². The van der Waals surface area contributed by atoms with Gasteiger partial charge in [0, 0.05) is 37.2 Å². The summed E-state index contributed by atoms with van der Waals surface area (Å²) in [4.78, 5) is 4.92. The van der Waals surface area contributed by atoms with Crippen molar-refractivity contribution in [2.75, 3.05) is 6.54 Å². The van der Waals surface area contributed by atoms with Crippen molar-refractivity contribution >= 4 is 0 Å². The lowest BCUT2D eigenvalue weighted by molar-refractivity contribution is 0.384. The highest BCUT2D eigenvalue weighted by atomic mass is 15.1. The van der Waals surface area contributed by atoms with E-state index in [9.17, 15) is 0 Å². The Balaban J connectivity index is 2.05. The third-order valence-corrected chi connectivity index (χ3v) is 4.27. The molecule has 1 N–H and O–H groups in total. The summed E-state index contributed by atoms with van der Waals surface area (Å²) < 4.78 is 2.57. The van der Waals surface area contributed by atoms with Crippen molar-refractivity contribution < 1.29 is 0 Å². The number of imidazole rings is 1. The van der Waals surface area contributed by atoms with Crippen LogP contribution in [0.2, 0.25) is 0 Å². The highest BCUT2D eigenvalue weighted by Crippen LogP contribution is 2.42. The van der Waals surface area contributed by atoms with E-state index in [4.69, 9.17) is 4.98 Å². The highest BCUT2D eigenvalue weighted by Gasteiger charge is 2.33. The van der Waals surface area contributed by atoms with Crippen molar-refractivity contribution in [1.82, 2.24) is 14.9 Å². The van der Waals surface area contributed by atoms with Gasteiger partial charge in [-0.3, -0.25) is 0 Å². The zero-order valence-electron chi connectivity index (χ0n) is 11.2. The molecule has 1 unspecified atom stereocenters. The molecule has 1 aliphatic carbocycles. The molecule has 2 heterocycles. The Morgan fingerprint density at radius 3 is 2.71 bits per heavy atom. The summed E-state index contributed by atoms with van der Waals surface area (Å²) in [5, 5.41) is 3.43. The van der Waals surface area contributed by atoms with Gasteiger partial charge in [0.1, 0.15) is 5.82 Å². The molecule has 94 valence electrons. The van der Waals surface area contributed by atoms with Gasteiger partial charge in [-0.05, 0) is 25.7 Å². The van der Waals surface area contributed by atoms with Crippen molar-refractivity contribution in [3.05, 3.63) is 17.2 Å². The van der Waals surface area contributed by atoms with E-state index >= 15 is 0 Å². The SMILES string of the molecule is CC(C)C(C)n1c(C2CC2)nc2c1CCNC2. The molecule has 0 amide bonds. The Hall–Kier alpha value is -0.830. The average molecular weight is 233 g/mol. The molecule has 3 heteroatoms. The molecule has 2 aliphatic rings. The lowest BCUT2D eigenvalue weighted by Crippen LogP contribution is -2.26. The highest BCUT2D eigenvalue weighted by molar-refractivity contribution is 5.25. The summed E-state index contributed by atoms with van der Waals surface area (Å²) in [6.07, 6.45) is 3.83. The molecule has 1 aromatic rings. The summed E-state index contributed by atoms with van der Waals surface area (Å²) in [7, 11) is 0. The van der Waals surface area contributed by atoms with Crippen molar-refractivity contribution in [3.8, 4) is 0 Å². The van der Waals surface area contributed by atoms with Gasteiger partial charge in [0.2, 0.25) is 0 Å². The number of nitrogens with zero attached hydrogens (tertiary/aromatic N) is 2. The first kappa shape index (κ1) is 11.3. The van der Waals surface area contributed by atoms with E-state index in [1.165, 1.54) is 30.1 Å². The Kier molecular flexibility index (Phi) is 2.74. The lowest BCUT2D eigenvalue weighted by Gasteiger charge is -2.24. The first-order chi connectivity index (χ1) is 8.18. The maximum atomic E-state index is 4.92. The van der Waals surface area contributed by atoms with Crippen LogP contribution in [0.15, 0.2) is 0 Å². The van der Waals surface area contributed by atoms with Gasteiger partial charge in [-0.25, -0.2) is 4.98 Å². The number of hydrogen-bond donors (Lipinski definition) is 1. The fourth-order valence-electron chi connectivity index (χ4n) is 2.74. The Morgan fingerprint density at radius 1 is 1.29 bits per heavy atom. The molecular weight excluding hydrogens is 210 g/mol. The van der Waals surface area contributed by atoms with E-state index in [2.05, 4.69) is 30.7 Å². The number of fused-ring (bicyclic) bond motifs is 1. The summed E-state index contributed by atoms with van der Waals surface area (Å²) in [6.45, 7) is 9.05. The summed E-state index contributed by atoms with van der Waals surface area (Å²) in [5.74, 6) is 2.81. The largest absolute Gasteiger partial charge is 0.328 e. The molecule has 3 nitrogen and oxygen atoms in total. The summed E-state index contributed by atoms with van der Waals surface area (Å²) >= 11 is 0. The molecule has 1 atom stereocenters. The first-order valence-corrected chi connectivity index (χ1v) is 6.99. The van der Waals surface area contributed by atoms with Gasteiger partial charge in [0.15, 0.2) is 0 Å². The molecule has 0 aromatic carbocycles. The van der Waals surface area contributed by atoms with E-state index in [0.717, 1.165) is 25.4 Å². The summed E-state index contributed by atoms with van der Waals surface area (Å²) in [5.41, 5.74) is 2.82. The topological polar surface area (TPSA) is 29.9 Å². The van der Waals surface area contributed by atoms with Crippen LogP contribution in [0, 0.1) is 5.92 Å². The first-order valence-electron chi connectivity index (χ1n) is 6.99. The van der Waals surface area contributed by atoms with E-state index < -0.39 is 0 Å². The monoisotopic (exact) mass is 233 g/mol. The molecule has 0 bridgehead atoms. The van der Waals surface area contributed by atoms with Crippen molar-refractivity contribution in [2.45, 2.75) is 58.5 Å². The lowest BCUT2D eigenvalue weighted by atomic mass is 10.0. The molecule has 1 saturated carbocycles. The van der Waals surface area contributed by atoms with Crippen LogP contribution in [0.25, 0.3) is 0 Å². The molecular formula is C14H23N3. The average Bonchev–Trinajstić information content (AvgIpc) is 3.09. The van der Waals surface area contributed by atoms with Crippen molar-refractivity contribution in [2.24, 2.45) is 5.92 Å². The van der Waals surface area contributed by atoms with Gasteiger partial charge >= 0.3 is 0 Å². The molecule has 0 radical (unpaired) electrons. The molecule has 3 rings (SSSR count). The molecule has 1 aliphatic heterocycles. The third kappa shape index (κ3) is 1.90. The number of aromatic nitrogens is 2. The third-order valence-electron chi connectivity index (χ3n) is 4.27. The van der Waals surface area contributed by atoms with Gasteiger partial charge in [0.25, 0.3) is 0 Å². The minimum Gasteiger partial charge on any atom is -0.328 e. The molecule has 1 aromatic heterocycles. The Bertz CT molecular complexity index is 415. The van der Waals surface area contributed by atoms with Gasteiger partial charge in [-0.15, -0.1) is 0 Å². The fourth-order valence-corrected chi connectivity index (χ4v) is 2.74. The maximum absolute atomic E-state index is 4.92. The Morgan fingerprint density at radius 2 is 2.06 bits per heavy atom. The second-order valence-corrected chi connectivity index (χ2v) is 5.92. The van der Waals surface area contributed by atoms with Crippen LogP contribution in [0.3, 0.4) is 0 Å². The molecule has 1 fully saturated rings. The Labute approximate surface area is 104 Å². The maximum Gasteiger partial charge on any atom is 0.112 e. The zero-order chi connectivity index (χ0) is 12.0. The predicted octanol–water partition coefficient (Wildman–Crippen LogP) is 2.62. The van der Waals surface area contributed by atoms with Gasteiger partial charge in [-0.2, -0.15) is 0 Å². The second kappa shape index (κ2) is 4.13. The van der Waals surface area contributed by atoms with Crippen LogP contribution in [0.1, 0.15) is 62.8 Å². The minimum absolute atomic E-state index is 0.583. The molecule has 0 spiro atoms. The summed E-state index contributed by atoms with van der Waals surface area (Å²) in [6, 6.07) is 0.583. The number of rotatable bonds is 3. The molecule has 0 saturated heterocycles. The normalized spacial score (nSPS) is 21.6. The van der Waals surface area contributed by atoms with E-state index in [-0.39, 0.29) is 0 Å². The fraction of sp³-hybridized carbons (Fsp3) is 0.786. The molecule has 17 heavy (non-hydrogen) atoms. The zero-order valence-corrected chi connectivity index (χ0v) is 11.2. The van der Waals surface area contributed by atoms with E-state index in [1.54, 1.807) is 0 Å². The van der Waals surface area contributed by atoms with Crippen molar-refractivity contribution in [1.29, 1.82) is 0 Å². The van der Waals surface area contributed by atoms with Crippen LogP contribution in [0.4, 0.5) is 0 Å². The van der Waals surface area contributed by atoms with Crippen molar-refractivity contribution in [3.63, 3.8) is 0 Å². The smallest absolute Gasteiger partial charge is 0.112 e. The van der Waals surface area contributed by atoms with Gasteiger partial charge in [0.05, 0.1) is 5.69 Å². The van der Waals surface area contributed by atoms with Crippen LogP contribution < -0.4 is 5.32 Å². The van der Waals surface area contributed by atoms with Crippen LogP contribution >= 0.6 is 0 Å². The quantitative estimate of drug-likeness (QED) is 0.869. The van der Waals surface area contributed by atoms with Crippen LogP contribution in [0.5, 0.6) is 0 Å². The standard InChI is InChI=1S/C14H23N3/c1-9(2)10(3)17-13-6-7-15-8-12(13)16-14(17)11-4-5-11/h9-11,15H,4-8H2,1-3H3. The van der Waals surface area contributed by atoms with E-state index in [0.29, 0.717) is 12.0 Å². The minimum atomic E-state index is 0.583. The number of nitrogens with one attached hydrogen (secondary N) is 1. The second-order valence-electron chi connectivity index (χ2n) is 5.92. The van der Waals surface area contributed by atoms with Gasteiger partial charge in [-0.1, -0.05) is 13.8 Å². The predicted molar refractivity (Wildman–Crippen MR) is 69.2 cm³/mol.